The van der Waals surface area contributed by atoms with Gasteiger partial charge in [-0.05, 0) is 25.1 Å². The van der Waals surface area contributed by atoms with Crippen molar-refractivity contribution < 1.29 is 19.4 Å². The summed E-state index contributed by atoms with van der Waals surface area (Å²) in [4.78, 5) is 25.2. The zero-order chi connectivity index (χ0) is 13.8. The molecule has 1 aromatic heterocycles. The number of hydrogen-bond acceptors (Lipinski definition) is 3. The smallest absolute Gasteiger partial charge is 0.417 e. The second-order valence-electron chi connectivity index (χ2n) is 3.87. The lowest BCUT2D eigenvalue weighted by Gasteiger charge is -2.05. The molecule has 0 saturated heterocycles. The number of anilines is 1. The Morgan fingerprint density at radius 2 is 1.95 bits per heavy atom. The van der Waals surface area contributed by atoms with Crippen molar-refractivity contribution in [3.8, 4) is 5.75 Å². The molecular formula is C13H12N2O4. The molecule has 0 spiro atoms. The summed E-state index contributed by atoms with van der Waals surface area (Å²) in [7, 11) is 0. The van der Waals surface area contributed by atoms with Crippen molar-refractivity contribution in [3.05, 3.63) is 47.8 Å². The van der Waals surface area contributed by atoms with Gasteiger partial charge in [0.05, 0.1) is 5.69 Å². The number of rotatable bonds is 3. The lowest BCUT2D eigenvalue weighted by Crippen LogP contribution is -2.18. The second kappa shape index (κ2) is 5.26. The topological polar surface area (TPSA) is 91.4 Å². The fraction of sp³-hybridized carbons (Fsp3) is 0.0769. The van der Waals surface area contributed by atoms with Gasteiger partial charge in [-0.25, -0.2) is 9.59 Å². The van der Waals surface area contributed by atoms with E-state index in [-0.39, 0.29) is 11.4 Å². The van der Waals surface area contributed by atoms with Crippen LogP contribution in [0.15, 0.2) is 36.4 Å². The van der Waals surface area contributed by atoms with Gasteiger partial charge in [-0.2, -0.15) is 0 Å². The molecule has 1 amide bonds. The molecule has 0 atom stereocenters. The Hall–Kier alpha value is -2.76. The highest BCUT2D eigenvalue weighted by molar-refractivity contribution is 5.98. The average Bonchev–Trinajstić information content (AvgIpc) is 2.71. The Morgan fingerprint density at radius 1 is 1.26 bits per heavy atom. The van der Waals surface area contributed by atoms with Gasteiger partial charge in [-0.3, -0.25) is 5.32 Å². The molecular weight excluding hydrogens is 248 g/mol. The first kappa shape index (κ1) is 12.7. The number of nitrogens with one attached hydrogen (secondary N) is 2. The first-order valence-electron chi connectivity index (χ1n) is 5.53. The van der Waals surface area contributed by atoms with Crippen LogP contribution in [0.5, 0.6) is 5.75 Å². The Labute approximate surface area is 109 Å². The van der Waals surface area contributed by atoms with E-state index in [1.165, 1.54) is 6.07 Å². The van der Waals surface area contributed by atoms with Crippen LogP contribution in [-0.2, 0) is 0 Å². The van der Waals surface area contributed by atoms with E-state index in [1.807, 2.05) is 0 Å². The molecule has 2 rings (SSSR count). The fourth-order valence-corrected chi connectivity index (χ4v) is 1.59. The summed E-state index contributed by atoms with van der Waals surface area (Å²) >= 11 is 0. The molecule has 0 aliphatic heterocycles. The number of ether oxygens (including phenoxy) is 1. The highest BCUT2D eigenvalue weighted by atomic mass is 16.6. The van der Waals surface area contributed by atoms with Crippen LogP contribution < -0.4 is 10.1 Å². The third-order valence-electron chi connectivity index (χ3n) is 2.36. The van der Waals surface area contributed by atoms with E-state index >= 15 is 0 Å². The Bertz CT molecular complexity index is 604. The van der Waals surface area contributed by atoms with Gasteiger partial charge in [0.25, 0.3) is 0 Å². The maximum atomic E-state index is 11.6. The van der Waals surface area contributed by atoms with Crippen LogP contribution in [0.25, 0.3) is 0 Å². The van der Waals surface area contributed by atoms with E-state index in [1.54, 1.807) is 37.3 Å². The van der Waals surface area contributed by atoms with Gasteiger partial charge in [0.1, 0.15) is 11.4 Å². The molecule has 1 aromatic carbocycles. The summed E-state index contributed by atoms with van der Waals surface area (Å²) in [6, 6.07) is 10.0. The van der Waals surface area contributed by atoms with Gasteiger partial charge in [-0.15, -0.1) is 0 Å². The van der Waals surface area contributed by atoms with Crippen molar-refractivity contribution >= 4 is 17.7 Å². The minimum atomic E-state index is -1.15. The summed E-state index contributed by atoms with van der Waals surface area (Å²) in [6.07, 6.45) is -0.743. The third-order valence-corrected chi connectivity index (χ3v) is 2.36. The Kier molecular flexibility index (Phi) is 3.51. The molecule has 0 bridgehead atoms. The molecule has 98 valence electrons. The molecule has 0 aliphatic carbocycles. The highest BCUT2D eigenvalue weighted by Crippen LogP contribution is 2.17. The third kappa shape index (κ3) is 3.12. The van der Waals surface area contributed by atoms with Crippen LogP contribution in [0.1, 0.15) is 16.2 Å². The number of benzene rings is 1. The lowest BCUT2D eigenvalue weighted by molar-refractivity contribution is 0.0692. The number of aryl methyl sites for hydroxylation is 1. The van der Waals surface area contributed by atoms with Crippen molar-refractivity contribution in [2.45, 2.75) is 6.92 Å². The maximum Gasteiger partial charge on any atom is 0.417 e. The zero-order valence-electron chi connectivity index (χ0n) is 10.1. The molecule has 19 heavy (non-hydrogen) atoms. The quantitative estimate of drug-likeness (QED) is 0.791. The number of para-hydroxylation sites is 1. The molecule has 3 N–H and O–H groups in total. The number of aromatic nitrogens is 1. The number of aromatic amines is 1. The minimum absolute atomic E-state index is 0.0810. The second-order valence-corrected chi connectivity index (χ2v) is 3.87. The van der Waals surface area contributed by atoms with Crippen molar-refractivity contribution in [3.63, 3.8) is 0 Å². The van der Waals surface area contributed by atoms with Crippen LogP contribution in [0.4, 0.5) is 10.5 Å². The van der Waals surface area contributed by atoms with Crippen molar-refractivity contribution in [1.29, 1.82) is 0 Å². The van der Waals surface area contributed by atoms with Gasteiger partial charge in [0, 0.05) is 5.69 Å². The molecule has 0 fully saturated rings. The van der Waals surface area contributed by atoms with E-state index in [2.05, 4.69) is 10.3 Å². The van der Waals surface area contributed by atoms with E-state index in [0.717, 1.165) is 0 Å². The van der Waals surface area contributed by atoms with Crippen LogP contribution in [0, 0.1) is 6.92 Å². The number of carbonyl (C=O) groups excluding carboxylic acids is 1. The summed E-state index contributed by atoms with van der Waals surface area (Å²) in [6.45, 7) is 1.69. The predicted octanol–water partition coefficient (Wildman–Crippen LogP) is 2.63. The molecule has 0 aliphatic rings. The van der Waals surface area contributed by atoms with Crippen LogP contribution in [0.3, 0.4) is 0 Å². The van der Waals surface area contributed by atoms with Crippen molar-refractivity contribution in [1.82, 2.24) is 4.98 Å². The van der Waals surface area contributed by atoms with Crippen LogP contribution in [-0.4, -0.2) is 22.2 Å². The fourth-order valence-electron chi connectivity index (χ4n) is 1.59. The van der Waals surface area contributed by atoms with E-state index in [4.69, 9.17) is 9.84 Å². The molecule has 0 unspecified atom stereocenters. The molecule has 6 heteroatoms. The largest absolute Gasteiger partial charge is 0.477 e. The number of carbonyl (C=O) groups is 2. The minimum Gasteiger partial charge on any atom is -0.477 e. The number of H-pyrrole nitrogens is 1. The average molecular weight is 260 g/mol. The normalized spacial score (nSPS) is 9.95. The summed E-state index contributed by atoms with van der Waals surface area (Å²) < 4.78 is 5.01. The number of carboxylic acids is 1. The summed E-state index contributed by atoms with van der Waals surface area (Å²) in [5.74, 6) is -0.771. The van der Waals surface area contributed by atoms with Crippen molar-refractivity contribution in [2.75, 3.05) is 5.32 Å². The number of aromatic carboxylic acids is 1. The number of carboxylic acid groups (broad SMARTS) is 1. The first-order chi connectivity index (χ1) is 9.06. The van der Waals surface area contributed by atoms with Gasteiger partial charge >= 0.3 is 12.1 Å². The van der Waals surface area contributed by atoms with Gasteiger partial charge in [0.2, 0.25) is 0 Å². The lowest BCUT2D eigenvalue weighted by atomic mass is 10.3. The van der Waals surface area contributed by atoms with E-state index in [0.29, 0.717) is 11.4 Å². The SMILES string of the molecule is Cc1cc(NC(=O)Oc2ccccc2)c(C(=O)O)[nH]1. The van der Waals surface area contributed by atoms with Crippen LogP contribution in [0.2, 0.25) is 0 Å². The van der Waals surface area contributed by atoms with Gasteiger partial charge < -0.3 is 14.8 Å². The van der Waals surface area contributed by atoms with Crippen LogP contribution >= 0.6 is 0 Å². The molecule has 6 nitrogen and oxygen atoms in total. The van der Waals surface area contributed by atoms with E-state index < -0.39 is 12.1 Å². The van der Waals surface area contributed by atoms with Crippen molar-refractivity contribution in [2.24, 2.45) is 0 Å². The Balaban J connectivity index is 2.09. The standard InChI is InChI=1S/C13H12N2O4/c1-8-7-10(11(14-8)12(16)17)15-13(18)19-9-5-3-2-4-6-9/h2-7,14H,1H3,(H,15,18)(H,16,17). The molecule has 0 radical (unpaired) electrons. The predicted molar refractivity (Wildman–Crippen MR) is 68.6 cm³/mol. The zero-order valence-corrected chi connectivity index (χ0v) is 10.1. The maximum absolute atomic E-state index is 11.6. The van der Waals surface area contributed by atoms with Gasteiger partial charge in [0.15, 0.2) is 0 Å². The number of amides is 1. The number of hydrogen-bond donors (Lipinski definition) is 3. The van der Waals surface area contributed by atoms with E-state index in [9.17, 15) is 9.59 Å². The first-order valence-corrected chi connectivity index (χ1v) is 5.53. The summed E-state index contributed by atoms with van der Waals surface area (Å²) in [5.41, 5.74) is 0.723. The summed E-state index contributed by atoms with van der Waals surface area (Å²) in [5, 5.41) is 11.3. The Morgan fingerprint density at radius 3 is 2.58 bits per heavy atom. The highest BCUT2D eigenvalue weighted by Gasteiger charge is 2.16. The monoisotopic (exact) mass is 260 g/mol. The molecule has 1 heterocycles. The molecule has 0 saturated carbocycles. The molecule has 2 aromatic rings. The van der Waals surface area contributed by atoms with Gasteiger partial charge in [-0.1, -0.05) is 18.2 Å².